The molecule has 1 saturated heterocycles. The lowest BCUT2D eigenvalue weighted by molar-refractivity contribution is 0.0930. The molecule has 1 aliphatic heterocycles. The van der Waals surface area contributed by atoms with Gasteiger partial charge in [0.25, 0.3) is 5.91 Å². The lowest BCUT2D eigenvalue weighted by atomic mass is 10.0. The number of anilines is 2. The second-order valence-electron chi connectivity index (χ2n) is 8.94. The van der Waals surface area contributed by atoms with E-state index in [-0.39, 0.29) is 11.9 Å². The third-order valence-electron chi connectivity index (χ3n) is 6.44. The minimum absolute atomic E-state index is 0.0205. The molecule has 4 rings (SSSR count). The molecule has 0 aromatic heterocycles. The Hall–Kier alpha value is -3.31. The van der Waals surface area contributed by atoms with Crippen molar-refractivity contribution in [1.29, 1.82) is 0 Å². The van der Waals surface area contributed by atoms with Crippen LogP contribution in [0.5, 0.6) is 0 Å². The normalized spacial score (nSPS) is 15.2. The molecule has 33 heavy (non-hydrogen) atoms. The third kappa shape index (κ3) is 5.74. The van der Waals surface area contributed by atoms with E-state index in [4.69, 9.17) is 0 Å². The molecule has 5 heteroatoms. The van der Waals surface area contributed by atoms with Gasteiger partial charge in [-0.2, -0.15) is 0 Å². The number of aryl methyl sites for hydroxylation is 1. The first kappa shape index (κ1) is 22.9. The summed E-state index contributed by atoms with van der Waals surface area (Å²) in [5.74, 6) is -0.0205. The van der Waals surface area contributed by atoms with Crippen LogP contribution in [0.4, 0.5) is 11.4 Å². The molecular formula is C28H34N4O. The van der Waals surface area contributed by atoms with E-state index in [2.05, 4.69) is 88.7 Å². The van der Waals surface area contributed by atoms with Crippen molar-refractivity contribution in [3.05, 3.63) is 95.6 Å². The van der Waals surface area contributed by atoms with Crippen LogP contribution in [0.15, 0.2) is 78.9 Å². The molecule has 1 aliphatic rings. The summed E-state index contributed by atoms with van der Waals surface area (Å²) < 4.78 is 0. The van der Waals surface area contributed by atoms with Crippen molar-refractivity contribution in [2.75, 3.05) is 56.6 Å². The molecule has 0 unspecified atom stereocenters. The van der Waals surface area contributed by atoms with E-state index < -0.39 is 0 Å². The Kier molecular flexibility index (Phi) is 7.30. The fraction of sp³-hybridized carbons (Fsp3) is 0.321. The summed E-state index contributed by atoms with van der Waals surface area (Å²) in [7, 11) is 4.11. The highest BCUT2D eigenvalue weighted by atomic mass is 16.1. The Labute approximate surface area is 197 Å². The first-order valence-electron chi connectivity index (χ1n) is 11.7. The number of piperazine rings is 1. The number of hydrogen-bond donors (Lipinski definition) is 1. The van der Waals surface area contributed by atoms with E-state index in [1.54, 1.807) is 0 Å². The molecule has 3 aromatic rings. The first-order chi connectivity index (χ1) is 16.0. The van der Waals surface area contributed by atoms with Crippen LogP contribution in [0.2, 0.25) is 0 Å². The van der Waals surface area contributed by atoms with Gasteiger partial charge in [0.1, 0.15) is 0 Å². The predicted molar refractivity (Wildman–Crippen MR) is 137 cm³/mol. The molecule has 0 saturated carbocycles. The number of nitrogens with zero attached hydrogens (tertiary/aromatic N) is 3. The van der Waals surface area contributed by atoms with Gasteiger partial charge in [-0.15, -0.1) is 0 Å². The minimum atomic E-state index is -0.0205. The van der Waals surface area contributed by atoms with Crippen molar-refractivity contribution in [2.24, 2.45) is 0 Å². The maximum Gasteiger partial charge on any atom is 0.251 e. The highest BCUT2D eigenvalue weighted by Gasteiger charge is 2.26. The van der Waals surface area contributed by atoms with Crippen molar-refractivity contribution < 1.29 is 4.79 Å². The van der Waals surface area contributed by atoms with Gasteiger partial charge in [0, 0.05) is 63.8 Å². The lowest BCUT2D eigenvalue weighted by Crippen LogP contribution is -2.50. The Morgan fingerprint density at radius 3 is 2.12 bits per heavy atom. The number of amides is 1. The highest BCUT2D eigenvalue weighted by Crippen LogP contribution is 2.26. The molecular weight excluding hydrogens is 408 g/mol. The van der Waals surface area contributed by atoms with Crippen LogP contribution in [0.3, 0.4) is 0 Å². The molecule has 1 heterocycles. The first-order valence-corrected chi connectivity index (χ1v) is 11.7. The zero-order valence-corrected chi connectivity index (χ0v) is 19.9. The molecule has 1 amide bonds. The molecule has 1 fully saturated rings. The number of carbonyl (C=O) groups excluding carboxylic acids is 1. The number of hydrogen-bond acceptors (Lipinski definition) is 4. The van der Waals surface area contributed by atoms with Gasteiger partial charge in [-0.25, -0.2) is 0 Å². The van der Waals surface area contributed by atoms with E-state index in [1.165, 1.54) is 16.9 Å². The van der Waals surface area contributed by atoms with Crippen molar-refractivity contribution in [2.45, 2.75) is 13.0 Å². The van der Waals surface area contributed by atoms with Crippen LogP contribution < -0.4 is 15.1 Å². The summed E-state index contributed by atoms with van der Waals surface area (Å²) in [4.78, 5) is 19.9. The van der Waals surface area contributed by atoms with Crippen molar-refractivity contribution in [3.8, 4) is 0 Å². The van der Waals surface area contributed by atoms with E-state index in [9.17, 15) is 4.79 Å². The third-order valence-corrected chi connectivity index (χ3v) is 6.44. The topological polar surface area (TPSA) is 38.8 Å². The molecule has 0 aliphatic carbocycles. The average molecular weight is 443 g/mol. The monoisotopic (exact) mass is 442 g/mol. The van der Waals surface area contributed by atoms with Gasteiger partial charge in [0.05, 0.1) is 6.04 Å². The average Bonchev–Trinajstić information content (AvgIpc) is 2.85. The summed E-state index contributed by atoms with van der Waals surface area (Å²) in [6.45, 7) is 6.47. The number of benzene rings is 3. The number of para-hydroxylation sites is 1. The summed E-state index contributed by atoms with van der Waals surface area (Å²) in [5, 5.41) is 3.19. The summed E-state index contributed by atoms with van der Waals surface area (Å²) in [6.07, 6.45) is 0. The summed E-state index contributed by atoms with van der Waals surface area (Å²) >= 11 is 0. The summed E-state index contributed by atoms with van der Waals surface area (Å²) in [5.41, 5.74) is 5.54. The minimum Gasteiger partial charge on any atom is -0.378 e. The van der Waals surface area contributed by atoms with E-state index in [0.717, 1.165) is 31.7 Å². The van der Waals surface area contributed by atoms with Crippen LogP contribution >= 0.6 is 0 Å². The second-order valence-corrected chi connectivity index (χ2v) is 8.94. The maximum atomic E-state index is 12.8. The van der Waals surface area contributed by atoms with Gasteiger partial charge in [0.2, 0.25) is 0 Å². The van der Waals surface area contributed by atoms with Gasteiger partial charge >= 0.3 is 0 Å². The number of nitrogens with one attached hydrogen (secondary N) is 1. The molecule has 1 N–H and O–H groups in total. The van der Waals surface area contributed by atoms with Gasteiger partial charge in [0.15, 0.2) is 0 Å². The SMILES string of the molecule is Cc1ccc(C(=O)NC[C@@H](c2ccc(N(C)C)cc2)N2CCN(c3ccccc3)CC2)cc1. The van der Waals surface area contributed by atoms with Crippen LogP contribution in [0.25, 0.3) is 0 Å². The second kappa shape index (κ2) is 10.5. The van der Waals surface area contributed by atoms with E-state index >= 15 is 0 Å². The standard InChI is InChI=1S/C28H34N4O/c1-22-9-11-24(12-10-22)28(33)29-21-27(23-13-15-25(16-14-23)30(2)3)32-19-17-31(18-20-32)26-7-5-4-6-8-26/h4-16,27H,17-21H2,1-3H3,(H,29,33)/t27-/m0/s1. The lowest BCUT2D eigenvalue weighted by Gasteiger charge is -2.40. The van der Waals surface area contributed by atoms with Gasteiger partial charge in [-0.05, 0) is 48.9 Å². The van der Waals surface area contributed by atoms with E-state index in [0.29, 0.717) is 12.1 Å². The molecule has 0 spiro atoms. The van der Waals surface area contributed by atoms with Crippen molar-refractivity contribution in [1.82, 2.24) is 10.2 Å². The number of rotatable bonds is 7. The van der Waals surface area contributed by atoms with Crippen LogP contribution in [0, 0.1) is 6.92 Å². The molecule has 0 radical (unpaired) electrons. The van der Waals surface area contributed by atoms with Crippen LogP contribution in [-0.2, 0) is 0 Å². The Morgan fingerprint density at radius 2 is 1.52 bits per heavy atom. The largest absolute Gasteiger partial charge is 0.378 e. The molecule has 5 nitrogen and oxygen atoms in total. The van der Waals surface area contributed by atoms with Gasteiger partial charge < -0.3 is 15.1 Å². The van der Waals surface area contributed by atoms with Crippen molar-refractivity contribution >= 4 is 17.3 Å². The quantitative estimate of drug-likeness (QED) is 0.590. The molecule has 0 bridgehead atoms. The molecule has 3 aromatic carbocycles. The fourth-order valence-electron chi connectivity index (χ4n) is 4.38. The highest BCUT2D eigenvalue weighted by molar-refractivity contribution is 5.94. The Balaban J connectivity index is 1.47. The molecule has 172 valence electrons. The van der Waals surface area contributed by atoms with Gasteiger partial charge in [-0.3, -0.25) is 9.69 Å². The summed E-state index contributed by atoms with van der Waals surface area (Å²) in [6, 6.07) is 27.2. The zero-order valence-electron chi connectivity index (χ0n) is 19.9. The predicted octanol–water partition coefficient (Wildman–Crippen LogP) is 4.35. The van der Waals surface area contributed by atoms with Crippen LogP contribution in [0.1, 0.15) is 27.5 Å². The zero-order chi connectivity index (χ0) is 23.2. The number of carbonyl (C=O) groups is 1. The van der Waals surface area contributed by atoms with Crippen molar-refractivity contribution in [3.63, 3.8) is 0 Å². The van der Waals surface area contributed by atoms with Gasteiger partial charge in [-0.1, -0.05) is 48.0 Å². The van der Waals surface area contributed by atoms with Crippen LogP contribution in [-0.4, -0.2) is 57.6 Å². The molecule has 1 atom stereocenters. The fourth-order valence-corrected chi connectivity index (χ4v) is 4.38. The maximum absolute atomic E-state index is 12.8. The smallest absolute Gasteiger partial charge is 0.251 e. The Bertz CT molecular complexity index is 1020. The van der Waals surface area contributed by atoms with E-state index in [1.807, 2.05) is 31.2 Å². The Morgan fingerprint density at radius 1 is 0.879 bits per heavy atom.